The van der Waals surface area contributed by atoms with Gasteiger partial charge in [-0.3, -0.25) is 4.98 Å². The number of esters is 1. The Morgan fingerprint density at radius 2 is 2.16 bits per heavy atom. The molecule has 2 rings (SSSR count). The molecule has 0 saturated carbocycles. The van der Waals surface area contributed by atoms with Crippen molar-refractivity contribution in [1.29, 1.82) is 0 Å². The highest BCUT2D eigenvalue weighted by molar-refractivity contribution is 5.85. The van der Waals surface area contributed by atoms with Crippen molar-refractivity contribution >= 4 is 5.97 Å². The molecule has 0 fully saturated rings. The van der Waals surface area contributed by atoms with Gasteiger partial charge in [-0.2, -0.15) is 4.98 Å². The van der Waals surface area contributed by atoms with E-state index in [1.54, 1.807) is 13.1 Å². The molecular formula is C13H13N3O3. The average molecular weight is 259 g/mol. The molecule has 0 atom stereocenters. The van der Waals surface area contributed by atoms with E-state index in [2.05, 4.69) is 15.0 Å². The molecular weight excluding hydrogens is 246 g/mol. The van der Waals surface area contributed by atoms with Gasteiger partial charge in [0.2, 0.25) is 11.7 Å². The van der Waals surface area contributed by atoms with Gasteiger partial charge in [0, 0.05) is 12.4 Å². The van der Waals surface area contributed by atoms with Crippen LogP contribution in [-0.2, 0) is 4.74 Å². The van der Waals surface area contributed by atoms with Crippen LogP contribution in [0.2, 0.25) is 0 Å². The smallest absolute Gasteiger partial charge is 0.376 e. The highest BCUT2D eigenvalue weighted by atomic mass is 16.5. The summed E-state index contributed by atoms with van der Waals surface area (Å²) in [6.07, 6.45) is 3.16. The van der Waals surface area contributed by atoms with Crippen LogP contribution in [0.15, 0.2) is 30.6 Å². The maximum absolute atomic E-state index is 11.5. The number of aromatic nitrogens is 3. The lowest BCUT2D eigenvalue weighted by atomic mass is 10.2. The predicted molar refractivity (Wildman–Crippen MR) is 67.8 cm³/mol. The summed E-state index contributed by atoms with van der Waals surface area (Å²) in [6, 6.07) is 5.47. The Hall–Kier alpha value is -2.50. The van der Waals surface area contributed by atoms with Gasteiger partial charge in [-0.05, 0) is 19.1 Å². The van der Waals surface area contributed by atoms with Crippen molar-refractivity contribution in [3.63, 3.8) is 0 Å². The maximum Gasteiger partial charge on any atom is 0.376 e. The Bertz CT molecular complexity index is 573. The van der Waals surface area contributed by atoms with E-state index < -0.39 is 5.97 Å². The van der Waals surface area contributed by atoms with Gasteiger partial charge in [0.15, 0.2) is 0 Å². The lowest BCUT2D eigenvalue weighted by Crippen LogP contribution is -2.10. The molecule has 0 unspecified atom stereocenters. The van der Waals surface area contributed by atoms with Gasteiger partial charge < -0.3 is 9.47 Å². The molecule has 19 heavy (non-hydrogen) atoms. The first-order chi connectivity index (χ1) is 9.26. The molecule has 0 aliphatic heterocycles. The van der Waals surface area contributed by atoms with E-state index in [-0.39, 0.29) is 18.3 Å². The quantitative estimate of drug-likeness (QED) is 0.778. The number of pyridine rings is 1. The lowest BCUT2D eigenvalue weighted by Gasteiger charge is -2.07. The molecule has 6 heteroatoms. The summed E-state index contributed by atoms with van der Waals surface area (Å²) >= 11 is 0. The first-order valence-electron chi connectivity index (χ1n) is 5.75. The molecule has 2 aromatic rings. The van der Waals surface area contributed by atoms with Gasteiger partial charge in [-0.25, -0.2) is 9.78 Å². The SMILES string of the molecule is CCOC(=O)c1ncc(-c2ccccn2)c(OC)n1. The minimum Gasteiger partial charge on any atom is -0.480 e. The Morgan fingerprint density at radius 3 is 2.79 bits per heavy atom. The van der Waals surface area contributed by atoms with Crippen molar-refractivity contribution in [3.05, 3.63) is 36.4 Å². The summed E-state index contributed by atoms with van der Waals surface area (Å²) in [5.74, 6) is -0.316. The zero-order chi connectivity index (χ0) is 13.7. The molecule has 6 nitrogen and oxygen atoms in total. The highest BCUT2D eigenvalue weighted by Crippen LogP contribution is 2.25. The van der Waals surface area contributed by atoms with Crippen LogP contribution in [0, 0.1) is 0 Å². The molecule has 0 aliphatic carbocycles. The Morgan fingerprint density at radius 1 is 1.32 bits per heavy atom. The van der Waals surface area contributed by atoms with Crippen molar-refractivity contribution < 1.29 is 14.3 Å². The second-order valence-corrected chi connectivity index (χ2v) is 3.55. The fourth-order valence-electron chi connectivity index (χ4n) is 1.51. The summed E-state index contributed by atoms with van der Waals surface area (Å²) < 4.78 is 10.0. The second-order valence-electron chi connectivity index (χ2n) is 3.55. The number of carbonyl (C=O) groups excluding carboxylic acids is 1. The van der Waals surface area contributed by atoms with Crippen LogP contribution in [0.4, 0.5) is 0 Å². The summed E-state index contributed by atoms with van der Waals surface area (Å²) in [4.78, 5) is 23.7. The van der Waals surface area contributed by atoms with Gasteiger partial charge in [-0.1, -0.05) is 6.07 Å². The first-order valence-corrected chi connectivity index (χ1v) is 5.75. The third-order valence-electron chi connectivity index (χ3n) is 2.35. The van der Waals surface area contributed by atoms with Crippen molar-refractivity contribution in [2.75, 3.05) is 13.7 Å². The second kappa shape index (κ2) is 5.90. The molecule has 98 valence electrons. The van der Waals surface area contributed by atoms with Crippen molar-refractivity contribution in [2.45, 2.75) is 6.92 Å². The Balaban J connectivity index is 2.40. The minimum atomic E-state index is -0.576. The molecule has 0 amide bonds. The molecule has 0 spiro atoms. The molecule has 2 aromatic heterocycles. The Labute approximate surface area is 110 Å². The van der Waals surface area contributed by atoms with Crippen LogP contribution >= 0.6 is 0 Å². The van der Waals surface area contributed by atoms with Gasteiger partial charge in [0.25, 0.3) is 0 Å². The van der Waals surface area contributed by atoms with Crippen LogP contribution in [0.1, 0.15) is 17.5 Å². The van der Waals surface area contributed by atoms with Crippen LogP contribution in [-0.4, -0.2) is 34.6 Å². The van der Waals surface area contributed by atoms with Crippen molar-refractivity contribution in [3.8, 4) is 17.1 Å². The summed E-state index contributed by atoms with van der Waals surface area (Å²) in [7, 11) is 1.48. The van der Waals surface area contributed by atoms with Crippen LogP contribution < -0.4 is 4.74 Å². The molecule has 0 saturated heterocycles. The van der Waals surface area contributed by atoms with E-state index >= 15 is 0 Å². The zero-order valence-corrected chi connectivity index (χ0v) is 10.7. The van der Waals surface area contributed by atoms with Gasteiger partial charge in [0.1, 0.15) is 0 Å². The number of hydrogen-bond acceptors (Lipinski definition) is 6. The number of hydrogen-bond donors (Lipinski definition) is 0. The molecule has 0 radical (unpaired) electrons. The van der Waals surface area contributed by atoms with Crippen LogP contribution in [0.5, 0.6) is 5.88 Å². The minimum absolute atomic E-state index is 0.0293. The number of ether oxygens (including phenoxy) is 2. The monoisotopic (exact) mass is 259 g/mol. The molecule has 0 N–H and O–H groups in total. The normalized spacial score (nSPS) is 10.0. The predicted octanol–water partition coefficient (Wildman–Crippen LogP) is 1.72. The third kappa shape index (κ3) is 2.85. The summed E-state index contributed by atoms with van der Waals surface area (Å²) in [5.41, 5.74) is 1.30. The largest absolute Gasteiger partial charge is 0.480 e. The Kier molecular flexibility index (Phi) is 4.02. The van der Waals surface area contributed by atoms with Gasteiger partial charge in [0.05, 0.1) is 25.0 Å². The highest BCUT2D eigenvalue weighted by Gasteiger charge is 2.16. The fraction of sp³-hybridized carbons (Fsp3) is 0.231. The fourth-order valence-corrected chi connectivity index (χ4v) is 1.51. The van der Waals surface area contributed by atoms with Crippen molar-refractivity contribution in [1.82, 2.24) is 15.0 Å². The maximum atomic E-state index is 11.5. The summed E-state index contributed by atoms with van der Waals surface area (Å²) in [5, 5.41) is 0. The van der Waals surface area contributed by atoms with E-state index in [1.165, 1.54) is 13.3 Å². The van der Waals surface area contributed by atoms with E-state index in [4.69, 9.17) is 9.47 Å². The van der Waals surface area contributed by atoms with E-state index in [0.717, 1.165) is 0 Å². The van der Waals surface area contributed by atoms with Crippen molar-refractivity contribution in [2.24, 2.45) is 0 Å². The topological polar surface area (TPSA) is 74.2 Å². The van der Waals surface area contributed by atoms with Gasteiger partial charge in [-0.15, -0.1) is 0 Å². The number of nitrogens with zero attached hydrogens (tertiary/aromatic N) is 3. The number of methoxy groups -OCH3 is 1. The van der Waals surface area contributed by atoms with E-state index in [9.17, 15) is 4.79 Å². The lowest BCUT2D eigenvalue weighted by molar-refractivity contribution is 0.0511. The molecule has 0 bridgehead atoms. The number of carbonyl (C=O) groups is 1. The van der Waals surface area contributed by atoms with Gasteiger partial charge >= 0.3 is 5.97 Å². The standard InChI is InChI=1S/C13H13N3O3/c1-3-19-13(17)11-15-8-9(12(16-11)18-2)10-6-4-5-7-14-10/h4-8H,3H2,1-2H3. The van der Waals surface area contributed by atoms with Crippen LogP contribution in [0.3, 0.4) is 0 Å². The third-order valence-corrected chi connectivity index (χ3v) is 2.35. The average Bonchev–Trinajstić information content (AvgIpc) is 2.47. The van der Waals surface area contributed by atoms with Crippen LogP contribution in [0.25, 0.3) is 11.3 Å². The zero-order valence-electron chi connectivity index (χ0n) is 10.7. The first kappa shape index (κ1) is 12.9. The number of rotatable bonds is 4. The molecule has 0 aliphatic rings. The van der Waals surface area contributed by atoms with E-state index in [0.29, 0.717) is 11.3 Å². The molecule has 2 heterocycles. The summed E-state index contributed by atoms with van der Waals surface area (Å²) in [6.45, 7) is 1.99. The van der Waals surface area contributed by atoms with E-state index in [1.807, 2.05) is 18.2 Å². The molecule has 0 aromatic carbocycles.